The first kappa shape index (κ1) is 19.3. The van der Waals surface area contributed by atoms with Gasteiger partial charge in [-0.2, -0.15) is 0 Å². The summed E-state index contributed by atoms with van der Waals surface area (Å²) >= 11 is 5.82. The van der Waals surface area contributed by atoms with Crippen LogP contribution >= 0.6 is 11.6 Å². The zero-order valence-corrected chi connectivity index (χ0v) is 15.6. The van der Waals surface area contributed by atoms with E-state index in [-0.39, 0.29) is 11.9 Å². The first-order chi connectivity index (χ1) is 11.7. The van der Waals surface area contributed by atoms with Crippen molar-refractivity contribution in [2.75, 3.05) is 6.54 Å². The molecule has 0 radical (unpaired) electrons. The average Bonchev–Trinajstić information content (AvgIpc) is 2.47. The molecule has 0 heterocycles. The van der Waals surface area contributed by atoms with Crippen molar-refractivity contribution in [2.45, 2.75) is 45.3 Å². The Morgan fingerprint density at radius 1 is 1.24 bits per heavy atom. The predicted octanol–water partition coefficient (Wildman–Crippen LogP) is 3.77. The molecule has 0 bridgehead atoms. The van der Waals surface area contributed by atoms with E-state index in [1.165, 1.54) is 6.08 Å². The average molecular weight is 365 g/mol. The largest absolute Gasteiger partial charge is 0.444 e. The highest BCUT2D eigenvalue weighted by atomic mass is 35.5. The molecule has 1 aliphatic carbocycles. The predicted molar refractivity (Wildman–Crippen MR) is 99.4 cm³/mol. The van der Waals surface area contributed by atoms with Crippen LogP contribution in [0.5, 0.6) is 0 Å². The van der Waals surface area contributed by atoms with E-state index >= 15 is 0 Å². The van der Waals surface area contributed by atoms with Gasteiger partial charge in [0.25, 0.3) is 0 Å². The van der Waals surface area contributed by atoms with Gasteiger partial charge in [0, 0.05) is 23.7 Å². The van der Waals surface area contributed by atoms with Gasteiger partial charge < -0.3 is 15.4 Å². The molecular weight excluding hydrogens is 340 g/mol. The SMILES string of the molecule is CC(C)(C)OC(=O)NCC1CC(NC(=O)/C=C/c2ccc(Cl)cc2)C1. The van der Waals surface area contributed by atoms with Gasteiger partial charge in [-0.05, 0) is 63.3 Å². The molecule has 0 unspecified atom stereocenters. The minimum absolute atomic E-state index is 0.112. The number of rotatable bonds is 5. The van der Waals surface area contributed by atoms with Gasteiger partial charge in [-0.3, -0.25) is 4.79 Å². The summed E-state index contributed by atoms with van der Waals surface area (Å²) < 4.78 is 5.19. The van der Waals surface area contributed by atoms with Crippen LogP contribution in [-0.2, 0) is 9.53 Å². The molecule has 1 aromatic carbocycles. The number of halogens is 1. The normalized spacial score (nSPS) is 20.0. The fourth-order valence-electron chi connectivity index (χ4n) is 2.56. The molecule has 1 aromatic rings. The summed E-state index contributed by atoms with van der Waals surface area (Å²) in [4.78, 5) is 23.5. The number of alkyl carbamates (subject to hydrolysis) is 1. The molecule has 2 amide bonds. The number of hydrogen-bond donors (Lipinski definition) is 2. The van der Waals surface area contributed by atoms with Crippen molar-refractivity contribution in [2.24, 2.45) is 5.92 Å². The molecule has 136 valence electrons. The first-order valence-electron chi connectivity index (χ1n) is 8.42. The van der Waals surface area contributed by atoms with E-state index in [1.807, 2.05) is 32.9 Å². The third-order valence-electron chi connectivity index (χ3n) is 3.81. The lowest BCUT2D eigenvalue weighted by molar-refractivity contribution is -0.117. The van der Waals surface area contributed by atoms with Crippen LogP contribution in [0, 0.1) is 5.92 Å². The molecular formula is C19H25ClN2O3. The van der Waals surface area contributed by atoms with E-state index in [9.17, 15) is 9.59 Å². The van der Waals surface area contributed by atoms with E-state index < -0.39 is 11.7 Å². The van der Waals surface area contributed by atoms with E-state index in [0.717, 1.165) is 18.4 Å². The fourth-order valence-corrected chi connectivity index (χ4v) is 2.68. The van der Waals surface area contributed by atoms with Gasteiger partial charge in [-0.1, -0.05) is 23.7 Å². The zero-order valence-electron chi connectivity index (χ0n) is 14.8. The van der Waals surface area contributed by atoms with Crippen molar-refractivity contribution in [3.8, 4) is 0 Å². The van der Waals surface area contributed by atoms with Crippen LogP contribution in [0.1, 0.15) is 39.2 Å². The Labute approximate surface area is 153 Å². The van der Waals surface area contributed by atoms with Gasteiger partial charge in [0.1, 0.15) is 5.60 Å². The van der Waals surface area contributed by atoms with Crippen molar-refractivity contribution in [3.05, 3.63) is 40.9 Å². The van der Waals surface area contributed by atoms with Crippen LogP contribution in [0.3, 0.4) is 0 Å². The highest BCUT2D eigenvalue weighted by Gasteiger charge is 2.30. The monoisotopic (exact) mass is 364 g/mol. The zero-order chi connectivity index (χ0) is 18.4. The standard InChI is InChI=1S/C19H25ClN2O3/c1-19(2,3)25-18(24)21-12-14-10-16(11-14)22-17(23)9-6-13-4-7-15(20)8-5-13/h4-9,14,16H,10-12H2,1-3H3,(H,21,24)(H,22,23)/b9-6+. The smallest absolute Gasteiger partial charge is 0.407 e. The number of hydrogen-bond acceptors (Lipinski definition) is 3. The van der Waals surface area contributed by atoms with Crippen molar-refractivity contribution in [3.63, 3.8) is 0 Å². The van der Waals surface area contributed by atoms with Gasteiger partial charge >= 0.3 is 6.09 Å². The summed E-state index contributed by atoms with van der Waals surface area (Å²) in [5.74, 6) is 0.261. The Morgan fingerprint density at radius 2 is 1.88 bits per heavy atom. The molecule has 0 atom stereocenters. The van der Waals surface area contributed by atoms with Crippen molar-refractivity contribution in [1.82, 2.24) is 10.6 Å². The molecule has 6 heteroatoms. The second kappa shape index (κ2) is 8.39. The van der Waals surface area contributed by atoms with Crippen LogP contribution in [0.25, 0.3) is 6.08 Å². The molecule has 0 saturated heterocycles. The minimum atomic E-state index is -0.489. The number of nitrogens with one attached hydrogen (secondary N) is 2. The number of benzene rings is 1. The third kappa shape index (κ3) is 7.18. The van der Waals surface area contributed by atoms with Crippen LogP contribution in [0.2, 0.25) is 5.02 Å². The molecule has 0 aliphatic heterocycles. The maximum Gasteiger partial charge on any atom is 0.407 e. The molecule has 1 aliphatic rings. The lowest BCUT2D eigenvalue weighted by Crippen LogP contribution is -2.47. The summed E-state index contributed by atoms with van der Waals surface area (Å²) in [7, 11) is 0. The van der Waals surface area contributed by atoms with E-state index in [2.05, 4.69) is 10.6 Å². The van der Waals surface area contributed by atoms with E-state index in [4.69, 9.17) is 16.3 Å². The van der Waals surface area contributed by atoms with E-state index in [1.54, 1.807) is 18.2 Å². The van der Waals surface area contributed by atoms with Crippen LogP contribution in [-0.4, -0.2) is 30.2 Å². The number of ether oxygens (including phenoxy) is 1. The molecule has 2 rings (SSSR count). The number of carbonyl (C=O) groups is 2. The Bertz CT molecular complexity index is 629. The summed E-state index contributed by atoms with van der Waals surface area (Å²) in [6, 6.07) is 7.44. The second-order valence-electron chi connectivity index (χ2n) is 7.31. The quantitative estimate of drug-likeness (QED) is 0.781. The lowest BCUT2D eigenvalue weighted by atomic mass is 9.80. The van der Waals surface area contributed by atoms with Gasteiger partial charge in [0.15, 0.2) is 0 Å². The summed E-state index contributed by atoms with van der Waals surface area (Å²) in [6.07, 6.45) is 4.60. The van der Waals surface area contributed by atoms with Crippen molar-refractivity contribution < 1.29 is 14.3 Å². The molecule has 5 nitrogen and oxygen atoms in total. The summed E-state index contributed by atoms with van der Waals surface area (Å²) in [6.45, 7) is 6.07. The lowest BCUT2D eigenvalue weighted by Gasteiger charge is -2.35. The maximum absolute atomic E-state index is 11.9. The van der Waals surface area contributed by atoms with Gasteiger partial charge in [-0.25, -0.2) is 4.79 Å². The Kier molecular flexibility index (Phi) is 6.48. The Balaban J connectivity index is 1.63. The van der Waals surface area contributed by atoms with Crippen LogP contribution < -0.4 is 10.6 Å². The first-order valence-corrected chi connectivity index (χ1v) is 8.80. The van der Waals surface area contributed by atoms with Crippen molar-refractivity contribution in [1.29, 1.82) is 0 Å². The van der Waals surface area contributed by atoms with Crippen LogP contribution in [0.4, 0.5) is 4.79 Å². The van der Waals surface area contributed by atoms with Crippen LogP contribution in [0.15, 0.2) is 30.3 Å². The minimum Gasteiger partial charge on any atom is -0.444 e. The molecule has 1 saturated carbocycles. The summed E-state index contributed by atoms with van der Waals surface area (Å²) in [5.41, 5.74) is 0.434. The highest BCUT2D eigenvalue weighted by molar-refractivity contribution is 6.30. The topological polar surface area (TPSA) is 67.4 Å². The molecule has 2 N–H and O–H groups in total. The summed E-state index contributed by atoms with van der Waals surface area (Å²) in [5, 5.41) is 6.39. The van der Waals surface area contributed by atoms with Gasteiger partial charge in [-0.15, -0.1) is 0 Å². The molecule has 1 fully saturated rings. The third-order valence-corrected chi connectivity index (χ3v) is 4.07. The number of carbonyl (C=O) groups excluding carboxylic acids is 2. The van der Waals surface area contributed by atoms with E-state index in [0.29, 0.717) is 17.5 Å². The molecule has 0 aromatic heterocycles. The molecule has 0 spiro atoms. The highest BCUT2D eigenvalue weighted by Crippen LogP contribution is 2.26. The fraction of sp³-hybridized carbons (Fsp3) is 0.474. The van der Waals surface area contributed by atoms with Crippen molar-refractivity contribution >= 4 is 29.7 Å². The maximum atomic E-state index is 11.9. The Morgan fingerprint density at radius 3 is 2.48 bits per heavy atom. The molecule has 25 heavy (non-hydrogen) atoms. The van der Waals surface area contributed by atoms with Gasteiger partial charge in [0.05, 0.1) is 0 Å². The van der Waals surface area contributed by atoms with Gasteiger partial charge in [0.2, 0.25) is 5.91 Å². The Hall–Kier alpha value is -2.01. The second-order valence-corrected chi connectivity index (χ2v) is 7.75. The number of amides is 2.